The average Bonchev–Trinajstić information content (AvgIpc) is 3.12. The lowest BCUT2D eigenvalue weighted by molar-refractivity contribution is -0.136. The predicted molar refractivity (Wildman–Crippen MR) is 75.4 cm³/mol. The smallest absolute Gasteiger partial charge is 0.314 e. The maximum Gasteiger partial charge on any atom is 0.314 e. The highest BCUT2D eigenvalue weighted by Gasteiger charge is 2.20. The quantitative estimate of drug-likeness (QED) is 0.491. The first kappa shape index (κ1) is 15.5. The number of carbonyl (C=O) groups is 3. The number of hydrogen-bond acceptors (Lipinski definition) is 5. The summed E-state index contributed by atoms with van der Waals surface area (Å²) < 4.78 is 0. The van der Waals surface area contributed by atoms with Crippen LogP contribution in [0.4, 0.5) is 5.82 Å². The van der Waals surface area contributed by atoms with Gasteiger partial charge >= 0.3 is 11.8 Å². The first-order valence-electron chi connectivity index (χ1n) is 6.92. The fourth-order valence-corrected chi connectivity index (χ4v) is 2.13. The zero-order valence-electron chi connectivity index (χ0n) is 11.9. The molecule has 3 amide bonds. The van der Waals surface area contributed by atoms with Crippen molar-refractivity contribution in [2.24, 2.45) is 0 Å². The molecule has 0 aliphatic carbocycles. The summed E-state index contributed by atoms with van der Waals surface area (Å²) in [5.41, 5.74) is 0.147. The van der Waals surface area contributed by atoms with Crippen molar-refractivity contribution in [1.82, 2.24) is 20.4 Å². The number of hydrogen-bond donors (Lipinski definition) is 3. The summed E-state index contributed by atoms with van der Waals surface area (Å²) in [5, 5.41) is 19.5. The van der Waals surface area contributed by atoms with Crippen molar-refractivity contribution >= 4 is 23.5 Å². The molecule has 1 aromatic heterocycles. The number of nitrogens with zero attached hydrogens (tertiary/aromatic N) is 3. The minimum Gasteiger partial charge on any atom is -0.348 e. The number of H-pyrrole nitrogens is 1. The van der Waals surface area contributed by atoms with Gasteiger partial charge in [-0.2, -0.15) is 10.4 Å². The summed E-state index contributed by atoms with van der Waals surface area (Å²) in [6, 6.07) is 1.83. The van der Waals surface area contributed by atoms with Crippen molar-refractivity contribution in [3.63, 3.8) is 0 Å². The van der Waals surface area contributed by atoms with Gasteiger partial charge < -0.3 is 15.5 Å². The van der Waals surface area contributed by atoms with Crippen molar-refractivity contribution in [2.45, 2.75) is 19.3 Å². The number of amides is 3. The van der Waals surface area contributed by atoms with E-state index >= 15 is 0 Å². The first-order chi connectivity index (χ1) is 10.6. The minimum atomic E-state index is -0.877. The van der Waals surface area contributed by atoms with Gasteiger partial charge in [-0.3, -0.25) is 19.5 Å². The van der Waals surface area contributed by atoms with Gasteiger partial charge in [-0.15, -0.1) is 0 Å². The number of likely N-dealkylation sites (tertiary alicyclic amines) is 1. The SMILES string of the molecule is N#Cc1cn[nH]c1NC(=O)C(=O)NCCCN1CCCC1=O. The van der Waals surface area contributed by atoms with Gasteiger partial charge in [0.1, 0.15) is 17.5 Å². The number of nitrogens with one attached hydrogen (secondary N) is 3. The molecule has 9 heteroatoms. The maximum absolute atomic E-state index is 11.6. The second-order valence-corrected chi connectivity index (χ2v) is 4.82. The molecule has 3 N–H and O–H groups in total. The van der Waals surface area contributed by atoms with Gasteiger partial charge in [0.2, 0.25) is 5.91 Å². The van der Waals surface area contributed by atoms with E-state index in [1.807, 2.05) is 6.07 Å². The van der Waals surface area contributed by atoms with Crippen molar-refractivity contribution in [3.8, 4) is 6.07 Å². The Balaban J connectivity index is 1.69. The van der Waals surface area contributed by atoms with Crippen molar-refractivity contribution in [1.29, 1.82) is 5.26 Å². The van der Waals surface area contributed by atoms with E-state index in [0.717, 1.165) is 13.0 Å². The van der Waals surface area contributed by atoms with Gasteiger partial charge in [-0.25, -0.2) is 0 Å². The van der Waals surface area contributed by atoms with Crippen LogP contribution in [0.25, 0.3) is 0 Å². The Morgan fingerprint density at radius 2 is 2.27 bits per heavy atom. The van der Waals surface area contributed by atoms with Crippen LogP contribution in [0.2, 0.25) is 0 Å². The number of anilines is 1. The second-order valence-electron chi connectivity index (χ2n) is 4.82. The lowest BCUT2D eigenvalue weighted by atomic mass is 10.3. The number of aromatic amines is 1. The largest absolute Gasteiger partial charge is 0.348 e. The highest BCUT2D eigenvalue weighted by atomic mass is 16.2. The molecule has 0 unspecified atom stereocenters. The molecule has 9 nitrogen and oxygen atoms in total. The summed E-state index contributed by atoms with van der Waals surface area (Å²) in [6.45, 7) is 1.62. The fraction of sp³-hybridized carbons (Fsp3) is 0.462. The van der Waals surface area contributed by atoms with Crippen LogP contribution in [0.3, 0.4) is 0 Å². The molecule has 0 saturated carbocycles. The molecule has 2 rings (SSSR count). The Morgan fingerprint density at radius 1 is 1.45 bits per heavy atom. The summed E-state index contributed by atoms with van der Waals surface area (Å²) >= 11 is 0. The molecule has 0 spiro atoms. The lowest BCUT2D eigenvalue weighted by Gasteiger charge is -2.15. The van der Waals surface area contributed by atoms with Crippen LogP contribution in [0, 0.1) is 11.3 Å². The fourth-order valence-electron chi connectivity index (χ4n) is 2.13. The third-order valence-corrected chi connectivity index (χ3v) is 3.27. The molecule has 2 heterocycles. The number of rotatable bonds is 5. The Bertz CT molecular complexity index is 618. The molecule has 0 aromatic carbocycles. The van der Waals surface area contributed by atoms with Crippen LogP contribution in [-0.2, 0) is 14.4 Å². The maximum atomic E-state index is 11.6. The molecule has 0 atom stereocenters. The van der Waals surface area contributed by atoms with Crippen molar-refractivity contribution in [2.75, 3.05) is 25.0 Å². The topological polar surface area (TPSA) is 131 Å². The van der Waals surface area contributed by atoms with E-state index in [4.69, 9.17) is 5.26 Å². The molecular formula is C13H16N6O3. The number of carbonyl (C=O) groups excluding carboxylic acids is 3. The molecule has 0 bridgehead atoms. The van der Waals surface area contributed by atoms with E-state index in [9.17, 15) is 14.4 Å². The lowest BCUT2D eigenvalue weighted by Crippen LogP contribution is -2.37. The summed E-state index contributed by atoms with van der Waals surface area (Å²) in [4.78, 5) is 36.4. The monoisotopic (exact) mass is 304 g/mol. The number of nitriles is 1. The van der Waals surface area contributed by atoms with Gasteiger partial charge in [0.05, 0.1) is 6.20 Å². The van der Waals surface area contributed by atoms with E-state index in [1.54, 1.807) is 4.90 Å². The van der Waals surface area contributed by atoms with Gasteiger partial charge in [0, 0.05) is 26.1 Å². The minimum absolute atomic E-state index is 0.0883. The molecule has 1 saturated heterocycles. The molecule has 116 valence electrons. The zero-order chi connectivity index (χ0) is 15.9. The highest BCUT2D eigenvalue weighted by molar-refractivity contribution is 6.39. The Kier molecular flexibility index (Phi) is 5.08. The molecular weight excluding hydrogens is 288 g/mol. The van der Waals surface area contributed by atoms with Crippen LogP contribution >= 0.6 is 0 Å². The van der Waals surface area contributed by atoms with Crippen LogP contribution in [-0.4, -0.2) is 52.5 Å². The summed E-state index contributed by atoms with van der Waals surface area (Å²) in [5.74, 6) is -1.46. The molecule has 1 aliphatic rings. The molecule has 1 aliphatic heterocycles. The average molecular weight is 304 g/mol. The summed E-state index contributed by atoms with van der Waals surface area (Å²) in [6.07, 6.45) is 3.29. The van der Waals surface area contributed by atoms with E-state index in [1.165, 1.54) is 6.20 Å². The molecule has 0 radical (unpaired) electrons. The van der Waals surface area contributed by atoms with Crippen molar-refractivity contribution in [3.05, 3.63) is 11.8 Å². The predicted octanol–water partition coefficient (Wildman–Crippen LogP) is -0.651. The molecule has 1 fully saturated rings. The van der Waals surface area contributed by atoms with Crippen LogP contribution in [0.15, 0.2) is 6.20 Å². The molecule has 22 heavy (non-hydrogen) atoms. The first-order valence-corrected chi connectivity index (χ1v) is 6.92. The second kappa shape index (κ2) is 7.21. The Labute approximate surface area is 126 Å². The number of aromatic nitrogens is 2. The van der Waals surface area contributed by atoms with E-state index in [0.29, 0.717) is 25.9 Å². The van der Waals surface area contributed by atoms with Gasteiger partial charge in [-0.05, 0) is 12.8 Å². The third-order valence-electron chi connectivity index (χ3n) is 3.27. The van der Waals surface area contributed by atoms with Gasteiger partial charge in [-0.1, -0.05) is 0 Å². The third kappa shape index (κ3) is 3.82. The van der Waals surface area contributed by atoms with E-state index < -0.39 is 11.8 Å². The van der Waals surface area contributed by atoms with Crippen molar-refractivity contribution < 1.29 is 14.4 Å². The van der Waals surface area contributed by atoms with Crippen LogP contribution in [0.5, 0.6) is 0 Å². The van der Waals surface area contributed by atoms with Crippen LogP contribution in [0.1, 0.15) is 24.8 Å². The standard InChI is InChI=1S/C13H16N6O3/c14-7-9-8-16-18-11(9)17-13(22)12(21)15-4-2-6-19-5-1-3-10(19)20/h8H,1-6H2,(H,15,21)(H2,16,17,18,22). The normalized spacial score (nSPS) is 13.8. The van der Waals surface area contributed by atoms with E-state index in [-0.39, 0.29) is 17.3 Å². The Hall–Kier alpha value is -2.89. The molecule has 1 aromatic rings. The summed E-state index contributed by atoms with van der Waals surface area (Å²) in [7, 11) is 0. The van der Waals surface area contributed by atoms with E-state index in [2.05, 4.69) is 20.8 Å². The van der Waals surface area contributed by atoms with Gasteiger partial charge in [0.15, 0.2) is 0 Å². The highest BCUT2D eigenvalue weighted by Crippen LogP contribution is 2.09. The van der Waals surface area contributed by atoms with Crippen LogP contribution < -0.4 is 10.6 Å². The Morgan fingerprint density at radius 3 is 2.95 bits per heavy atom. The zero-order valence-corrected chi connectivity index (χ0v) is 11.9. The van der Waals surface area contributed by atoms with Gasteiger partial charge in [0.25, 0.3) is 0 Å².